The van der Waals surface area contributed by atoms with Crippen molar-refractivity contribution in [2.45, 2.75) is 20.0 Å². The molecule has 1 aliphatic heterocycles. The van der Waals surface area contributed by atoms with Crippen molar-refractivity contribution in [3.8, 4) is 5.75 Å². The molecule has 164 valence electrons. The summed E-state index contributed by atoms with van der Waals surface area (Å²) in [5.41, 5.74) is 1.22. The third kappa shape index (κ3) is 5.16. The van der Waals surface area contributed by atoms with Crippen LogP contribution in [0.25, 0.3) is 0 Å². The summed E-state index contributed by atoms with van der Waals surface area (Å²) < 4.78 is 7.26. The van der Waals surface area contributed by atoms with E-state index in [1.807, 2.05) is 30.7 Å². The lowest BCUT2D eigenvalue weighted by Crippen LogP contribution is -2.52. The van der Waals surface area contributed by atoms with Gasteiger partial charge in [-0.3, -0.25) is 0 Å². The van der Waals surface area contributed by atoms with Gasteiger partial charge in [0.15, 0.2) is 11.8 Å². The highest BCUT2D eigenvalue weighted by Crippen LogP contribution is 2.20. The van der Waals surface area contributed by atoms with Crippen LogP contribution in [0.15, 0.2) is 46.8 Å². The molecule has 1 aliphatic rings. The zero-order valence-electron chi connectivity index (χ0n) is 18.3. The van der Waals surface area contributed by atoms with Crippen molar-refractivity contribution in [1.29, 1.82) is 0 Å². The fraction of sp³-hybridized carbons (Fsp3) is 0.409. The predicted octanol–water partition coefficient (Wildman–Crippen LogP) is 2.66. The van der Waals surface area contributed by atoms with Crippen LogP contribution in [-0.4, -0.2) is 58.9 Å². The summed E-state index contributed by atoms with van der Waals surface area (Å²) in [5, 5.41) is 14.0. The molecule has 1 saturated heterocycles. The highest BCUT2D eigenvalue weighted by molar-refractivity contribution is 7.09. The summed E-state index contributed by atoms with van der Waals surface area (Å²) in [6.45, 7) is 6.91. The molecule has 1 N–H and O–H groups in total. The Morgan fingerprint density at radius 3 is 2.52 bits per heavy atom. The highest BCUT2D eigenvalue weighted by atomic mass is 32.1. The molecular formula is C22H29N7OS. The molecule has 3 aromatic rings. The van der Waals surface area contributed by atoms with Crippen molar-refractivity contribution in [2.75, 3.05) is 38.2 Å². The number of nitrogens with zero attached hydrogens (tertiary/aromatic N) is 6. The number of anilines is 1. The molecule has 9 heteroatoms. The minimum atomic E-state index is 0.503. The zero-order chi connectivity index (χ0) is 21.6. The minimum absolute atomic E-state index is 0.503. The molecule has 0 aliphatic carbocycles. The quantitative estimate of drug-likeness (QED) is 0.470. The second-order valence-electron chi connectivity index (χ2n) is 7.47. The maximum absolute atomic E-state index is 5.27. The van der Waals surface area contributed by atoms with E-state index in [0.717, 1.165) is 56.1 Å². The van der Waals surface area contributed by atoms with E-state index in [0.29, 0.717) is 6.54 Å². The van der Waals surface area contributed by atoms with Crippen LogP contribution in [0.1, 0.15) is 16.5 Å². The Hall–Kier alpha value is -3.07. The molecule has 0 atom stereocenters. The third-order valence-corrected chi connectivity index (χ3v) is 6.45. The van der Waals surface area contributed by atoms with Gasteiger partial charge in [0, 0.05) is 43.8 Å². The van der Waals surface area contributed by atoms with Gasteiger partial charge in [-0.2, -0.15) is 0 Å². The van der Waals surface area contributed by atoms with Crippen molar-refractivity contribution < 1.29 is 4.74 Å². The van der Waals surface area contributed by atoms with Crippen LogP contribution >= 0.6 is 11.3 Å². The first-order chi connectivity index (χ1) is 15.1. The van der Waals surface area contributed by atoms with Gasteiger partial charge in [0.1, 0.15) is 18.1 Å². The topological polar surface area (TPSA) is 70.8 Å². The van der Waals surface area contributed by atoms with Gasteiger partial charge >= 0.3 is 0 Å². The van der Waals surface area contributed by atoms with E-state index in [1.54, 1.807) is 18.4 Å². The average Bonchev–Trinajstić information content (AvgIpc) is 3.45. The summed E-state index contributed by atoms with van der Waals surface area (Å²) >= 11 is 1.75. The minimum Gasteiger partial charge on any atom is -0.497 e. The van der Waals surface area contributed by atoms with E-state index in [1.165, 1.54) is 10.6 Å². The van der Waals surface area contributed by atoms with Crippen LogP contribution in [0.4, 0.5) is 5.69 Å². The van der Waals surface area contributed by atoms with Crippen molar-refractivity contribution in [2.24, 2.45) is 12.0 Å². The Morgan fingerprint density at radius 2 is 1.90 bits per heavy atom. The lowest BCUT2D eigenvalue weighted by molar-refractivity contribution is 0.371. The molecule has 0 saturated carbocycles. The summed E-state index contributed by atoms with van der Waals surface area (Å²) in [6.07, 6.45) is 0. The van der Waals surface area contributed by atoms with Crippen LogP contribution in [0.5, 0.6) is 5.75 Å². The summed E-state index contributed by atoms with van der Waals surface area (Å²) in [5.74, 6) is 3.56. The second kappa shape index (κ2) is 9.82. The van der Waals surface area contributed by atoms with Gasteiger partial charge in [-0.25, -0.2) is 4.99 Å². The Morgan fingerprint density at radius 1 is 1.13 bits per heavy atom. The maximum Gasteiger partial charge on any atom is 0.194 e. The molecule has 0 amide bonds. The van der Waals surface area contributed by atoms with E-state index in [9.17, 15) is 0 Å². The first kappa shape index (κ1) is 21.2. The molecule has 4 rings (SSSR count). The van der Waals surface area contributed by atoms with Crippen LogP contribution in [0, 0.1) is 6.92 Å². The number of ether oxygens (including phenoxy) is 1. The lowest BCUT2D eigenvalue weighted by atomic mass is 10.2. The number of aliphatic imine (C=N–C) groups is 1. The standard InChI is InChI=1S/C22H29N7OS/c1-17-25-26-21(27(17)2)16-24-22(23-15-20-5-4-14-31-20)29-12-10-28(11-13-29)18-6-8-19(30-3)9-7-18/h4-9,14H,10-13,15-16H2,1-3H3,(H,23,24). The van der Waals surface area contributed by atoms with Gasteiger partial charge in [0.2, 0.25) is 0 Å². The maximum atomic E-state index is 5.27. The van der Waals surface area contributed by atoms with Crippen molar-refractivity contribution in [3.63, 3.8) is 0 Å². The average molecular weight is 440 g/mol. The van der Waals surface area contributed by atoms with Crippen LogP contribution in [0.2, 0.25) is 0 Å². The number of aromatic nitrogens is 3. The molecule has 0 spiro atoms. The van der Waals surface area contributed by atoms with Gasteiger partial charge in [-0.05, 0) is 42.6 Å². The van der Waals surface area contributed by atoms with Crippen LogP contribution in [-0.2, 0) is 20.1 Å². The molecule has 1 aromatic carbocycles. The smallest absolute Gasteiger partial charge is 0.194 e. The number of guanidine groups is 1. The first-order valence-corrected chi connectivity index (χ1v) is 11.3. The summed E-state index contributed by atoms with van der Waals surface area (Å²) in [4.78, 5) is 10.9. The number of benzene rings is 1. The van der Waals surface area contributed by atoms with Crippen molar-refractivity contribution in [3.05, 3.63) is 58.3 Å². The Labute approximate surface area is 187 Å². The molecule has 0 unspecified atom stereocenters. The molecule has 31 heavy (non-hydrogen) atoms. The van der Waals surface area contributed by atoms with Gasteiger partial charge in [-0.1, -0.05) is 6.07 Å². The Kier molecular flexibility index (Phi) is 6.71. The lowest BCUT2D eigenvalue weighted by Gasteiger charge is -2.37. The summed E-state index contributed by atoms with van der Waals surface area (Å²) in [7, 11) is 3.67. The first-order valence-electron chi connectivity index (χ1n) is 10.4. The largest absolute Gasteiger partial charge is 0.497 e. The number of hydrogen-bond donors (Lipinski definition) is 1. The number of rotatable bonds is 6. The normalized spacial score (nSPS) is 14.7. The second-order valence-corrected chi connectivity index (χ2v) is 8.50. The van der Waals surface area contributed by atoms with Crippen molar-refractivity contribution >= 4 is 23.0 Å². The van der Waals surface area contributed by atoms with E-state index >= 15 is 0 Å². The fourth-order valence-corrected chi connectivity index (χ4v) is 4.20. The van der Waals surface area contributed by atoms with Gasteiger partial charge in [0.25, 0.3) is 0 Å². The molecule has 0 bridgehead atoms. The molecular weight excluding hydrogens is 410 g/mol. The summed E-state index contributed by atoms with van der Waals surface area (Å²) in [6, 6.07) is 12.5. The van der Waals surface area contributed by atoms with E-state index < -0.39 is 0 Å². The van der Waals surface area contributed by atoms with Crippen molar-refractivity contribution in [1.82, 2.24) is 25.0 Å². The fourth-order valence-electron chi connectivity index (χ4n) is 3.55. The predicted molar refractivity (Wildman–Crippen MR) is 125 cm³/mol. The number of nitrogens with one attached hydrogen (secondary N) is 1. The molecule has 0 radical (unpaired) electrons. The number of thiophene rings is 1. The van der Waals surface area contributed by atoms with Crippen LogP contribution in [0.3, 0.4) is 0 Å². The molecule has 8 nitrogen and oxygen atoms in total. The van der Waals surface area contributed by atoms with Gasteiger partial charge in [0.05, 0.1) is 13.7 Å². The highest BCUT2D eigenvalue weighted by Gasteiger charge is 2.20. The zero-order valence-corrected chi connectivity index (χ0v) is 19.1. The third-order valence-electron chi connectivity index (χ3n) is 5.57. The van der Waals surface area contributed by atoms with E-state index in [-0.39, 0.29) is 0 Å². The molecule has 2 aromatic heterocycles. The van der Waals surface area contributed by atoms with Gasteiger partial charge < -0.3 is 24.4 Å². The van der Waals surface area contributed by atoms with E-state index in [4.69, 9.17) is 9.73 Å². The monoisotopic (exact) mass is 439 g/mol. The van der Waals surface area contributed by atoms with Crippen LogP contribution < -0.4 is 15.0 Å². The molecule has 1 fully saturated rings. The Balaban J connectivity index is 1.43. The number of aryl methyl sites for hydroxylation is 1. The number of hydrogen-bond acceptors (Lipinski definition) is 6. The number of piperazine rings is 1. The Bertz CT molecular complexity index is 990. The SMILES string of the molecule is COc1ccc(N2CCN(C(=NCc3nnc(C)n3C)NCc3cccs3)CC2)cc1. The van der Waals surface area contributed by atoms with E-state index in [2.05, 4.69) is 55.0 Å². The van der Waals surface area contributed by atoms with Gasteiger partial charge in [-0.15, -0.1) is 21.5 Å². The molecule has 3 heterocycles. The number of methoxy groups -OCH3 is 1.